The van der Waals surface area contributed by atoms with Gasteiger partial charge in [0.25, 0.3) is 0 Å². The zero-order valence-corrected chi connectivity index (χ0v) is 12.9. The molecule has 0 unspecified atom stereocenters. The van der Waals surface area contributed by atoms with E-state index >= 15 is 0 Å². The van der Waals surface area contributed by atoms with Gasteiger partial charge in [-0.15, -0.1) is 7.92 Å². The van der Waals surface area contributed by atoms with Crippen molar-refractivity contribution in [3.8, 4) is 0 Å². The first-order valence-electron chi connectivity index (χ1n) is 7.08. The minimum atomic E-state index is -0.886. The zero-order valence-electron chi connectivity index (χ0n) is 12.0. The highest BCUT2D eigenvalue weighted by Gasteiger charge is 2.20. The number of hydrogen-bond acceptors (Lipinski definition) is 4. The normalized spacial score (nSPS) is 15.2. The summed E-state index contributed by atoms with van der Waals surface area (Å²) >= 11 is 0. The van der Waals surface area contributed by atoms with Gasteiger partial charge in [0.15, 0.2) is 0 Å². The Morgan fingerprint density at radius 1 is 0.952 bits per heavy atom. The largest absolute Gasteiger partial charge is 0.481 e. The standard InChI is InChI=1S/C13H22NO6P/c15-11(14-6-1-2-7-20-14)3-8-21(9-4-12(16)17)10-5-13(18)19/h1-10H2,(H,16,17)(H,18,19). The van der Waals surface area contributed by atoms with Crippen molar-refractivity contribution < 1.29 is 29.4 Å². The summed E-state index contributed by atoms with van der Waals surface area (Å²) < 4.78 is 0. The quantitative estimate of drug-likeness (QED) is 0.622. The monoisotopic (exact) mass is 319 g/mol. The third kappa shape index (κ3) is 7.97. The fourth-order valence-corrected chi connectivity index (χ4v) is 4.21. The number of carboxylic acids is 2. The van der Waals surface area contributed by atoms with E-state index < -0.39 is 19.9 Å². The molecular weight excluding hydrogens is 297 g/mol. The van der Waals surface area contributed by atoms with Gasteiger partial charge in [-0.05, 0) is 31.3 Å². The van der Waals surface area contributed by atoms with Crippen molar-refractivity contribution >= 4 is 25.8 Å². The van der Waals surface area contributed by atoms with Crippen molar-refractivity contribution in [1.29, 1.82) is 0 Å². The molecule has 7 nitrogen and oxygen atoms in total. The molecule has 120 valence electrons. The van der Waals surface area contributed by atoms with Crippen LogP contribution >= 0.6 is 7.92 Å². The van der Waals surface area contributed by atoms with Crippen LogP contribution in [0.4, 0.5) is 0 Å². The number of nitrogens with zero attached hydrogens (tertiary/aromatic N) is 1. The van der Waals surface area contributed by atoms with Crippen LogP contribution in [0.2, 0.25) is 0 Å². The second kappa shape index (κ2) is 9.68. The van der Waals surface area contributed by atoms with Crippen LogP contribution in [-0.4, -0.2) is 64.8 Å². The van der Waals surface area contributed by atoms with Crippen molar-refractivity contribution in [2.45, 2.75) is 32.1 Å². The van der Waals surface area contributed by atoms with E-state index in [9.17, 15) is 14.4 Å². The molecule has 0 saturated carbocycles. The molecule has 1 rings (SSSR count). The van der Waals surface area contributed by atoms with Gasteiger partial charge in [-0.25, -0.2) is 5.06 Å². The molecule has 1 aliphatic rings. The van der Waals surface area contributed by atoms with Gasteiger partial charge in [0.1, 0.15) is 0 Å². The number of hydroxylamine groups is 2. The molecule has 8 heteroatoms. The minimum Gasteiger partial charge on any atom is -0.481 e. The molecule has 0 aromatic heterocycles. The van der Waals surface area contributed by atoms with Crippen LogP contribution in [0.3, 0.4) is 0 Å². The van der Waals surface area contributed by atoms with E-state index in [1.807, 2.05) is 0 Å². The highest BCUT2D eigenvalue weighted by atomic mass is 31.1. The van der Waals surface area contributed by atoms with Gasteiger partial charge in [0, 0.05) is 25.8 Å². The van der Waals surface area contributed by atoms with Gasteiger partial charge in [-0.1, -0.05) is 0 Å². The average molecular weight is 319 g/mol. The maximum Gasteiger partial charge on any atom is 0.303 e. The predicted molar refractivity (Wildman–Crippen MR) is 77.5 cm³/mol. The second-order valence-corrected chi connectivity index (χ2v) is 7.60. The molecule has 0 radical (unpaired) electrons. The molecule has 2 N–H and O–H groups in total. The molecule has 0 bridgehead atoms. The maximum absolute atomic E-state index is 12.0. The lowest BCUT2D eigenvalue weighted by Crippen LogP contribution is -2.36. The van der Waals surface area contributed by atoms with Crippen molar-refractivity contribution in [3.63, 3.8) is 0 Å². The maximum atomic E-state index is 12.0. The SMILES string of the molecule is O=C(O)CCP(CCC(=O)O)CCC(=O)N1CCCCO1. The van der Waals surface area contributed by atoms with Gasteiger partial charge in [-0.3, -0.25) is 19.2 Å². The summed E-state index contributed by atoms with van der Waals surface area (Å²) in [5.74, 6) is -1.86. The van der Waals surface area contributed by atoms with Crippen LogP contribution in [0.5, 0.6) is 0 Å². The van der Waals surface area contributed by atoms with Crippen LogP contribution in [0.1, 0.15) is 32.1 Å². The first kappa shape index (κ1) is 17.9. The fraction of sp³-hybridized carbons (Fsp3) is 0.769. The molecular formula is C13H22NO6P. The summed E-state index contributed by atoms with van der Waals surface area (Å²) in [4.78, 5) is 38.5. The lowest BCUT2D eigenvalue weighted by Gasteiger charge is -2.26. The Hall–Kier alpha value is -1.20. The third-order valence-corrected chi connectivity index (χ3v) is 5.77. The molecule has 0 aliphatic carbocycles. The molecule has 1 fully saturated rings. The number of rotatable bonds is 9. The number of aliphatic carboxylic acids is 2. The molecule has 21 heavy (non-hydrogen) atoms. The van der Waals surface area contributed by atoms with E-state index in [0.29, 0.717) is 38.1 Å². The molecule has 0 atom stereocenters. The minimum absolute atomic E-state index is 0.0275. The number of hydrogen-bond donors (Lipinski definition) is 2. The predicted octanol–water partition coefficient (Wildman–Crippen LogP) is 1.36. The molecule has 1 aliphatic heterocycles. The zero-order chi connectivity index (χ0) is 15.7. The van der Waals surface area contributed by atoms with E-state index in [-0.39, 0.29) is 18.7 Å². The molecule has 1 heterocycles. The van der Waals surface area contributed by atoms with E-state index in [1.165, 1.54) is 5.06 Å². The van der Waals surface area contributed by atoms with Gasteiger partial charge in [-0.2, -0.15) is 0 Å². The Bertz CT molecular complexity index is 352. The van der Waals surface area contributed by atoms with E-state index in [0.717, 1.165) is 12.8 Å². The van der Waals surface area contributed by atoms with Crippen LogP contribution < -0.4 is 0 Å². The van der Waals surface area contributed by atoms with Crippen LogP contribution in [-0.2, 0) is 19.2 Å². The number of carbonyl (C=O) groups excluding carboxylic acids is 1. The molecule has 0 aromatic carbocycles. The first-order valence-corrected chi connectivity index (χ1v) is 8.98. The van der Waals surface area contributed by atoms with Crippen LogP contribution in [0.15, 0.2) is 0 Å². The Balaban J connectivity index is 2.36. The lowest BCUT2D eigenvalue weighted by atomic mass is 10.3. The van der Waals surface area contributed by atoms with Crippen molar-refractivity contribution in [2.75, 3.05) is 31.6 Å². The molecule has 1 amide bonds. The number of carbonyl (C=O) groups is 3. The molecule has 0 spiro atoms. The molecule has 1 saturated heterocycles. The molecule has 0 aromatic rings. The smallest absolute Gasteiger partial charge is 0.303 e. The second-order valence-electron chi connectivity index (χ2n) is 4.92. The third-order valence-electron chi connectivity index (χ3n) is 3.21. The van der Waals surface area contributed by atoms with Gasteiger partial charge in [0.2, 0.25) is 5.91 Å². The van der Waals surface area contributed by atoms with Crippen molar-refractivity contribution in [1.82, 2.24) is 5.06 Å². The van der Waals surface area contributed by atoms with Crippen LogP contribution in [0.25, 0.3) is 0 Å². The van der Waals surface area contributed by atoms with Gasteiger partial charge in [0.05, 0.1) is 6.61 Å². The Labute approximate surface area is 125 Å². The van der Waals surface area contributed by atoms with E-state index in [1.54, 1.807) is 0 Å². The summed E-state index contributed by atoms with van der Waals surface area (Å²) in [6, 6.07) is 0. The van der Waals surface area contributed by atoms with E-state index in [4.69, 9.17) is 15.1 Å². The summed E-state index contributed by atoms with van der Waals surface area (Å²) in [6.45, 7) is 1.15. The van der Waals surface area contributed by atoms with Crippen LogP contribution in [0, 0.1) is 0 Å². The van der Waals surface area contributed by atoms with Crippen molar-refractivity contribution in [2.24, 2.45) is 0 Å². The van der Waals surface area contributed by atoms with Gasteiger partial charge >= 0.3 is 11.9 Å². The number of amides is 1. The van der Waals surface area contributed by atoms with Crippen molar-refractivity contribution in [3.05, 3.63) is 0 Å². The van der Waals surface area contributed by atoms with Gasteiger partial charge < -0.3 is 10.2 Å². The Kier molecular flexibility index (Phi) is 8.23. The first-order chi connectivity index (χ1) is 9.99. The topological polar surface area (TPSA) is 104 Å². The summed E-state index contributed by atoms with van der Waals surface area (Å²) in [6.07, 6.45) is 3.73. The Morgan fingerprint density at radius 3 is 2.00 bits per heavy atom. The lowest BCUT2D eigenvalue weighted by molar-refractivity contribution is -0.196. The van der Waals surface area contributed by atoms with E-state index in [2.05, 4.69) is 0 Å². The summed E-state index contributed by atoms with van der Waals surface area (Å²) in [5.41, 5.74) is 0. The Morgan fingerprint density at radius 2 is 1.52 bits per heavy atom. The fourth-order valence-electron chi connectivity index (χ4n) is 2.01. The number of carboxylic acid groups (broad SMARTS) is 2. The summed E-state index contributed by atoms with van der Waals surface area (Å²) in [5, 5.41) is 18.8. The highest BCUT2D eigenvalue weighted by molar-refractivity contribution is 7.57. The highest BCUT2D eigenvalue weighted by Crippen LogP contribution is 2.37. The summed E-state index contributed by atoms with van der Waals surface area (Å²) in [7, 11) is -0.744. The average Bonchev–Trinajstić information content (AvgIpc) is 2.46.